The molecule has 0 aromatic carbocycles. The van der Waals surface area contributed by atoms with Crippen LogP contribution >= 0.6 is 11.6 Å². The highest BCUT2D eigenvalue weighted by Gasteiger charge is 2.27. The third-order valence-corrected chi connectivity index (χ3v) is 4.07. The van der Waals surface area contributed by atoms with Gasteiger partial charge >= 0.3 is 5.97 Å². The van der Waals surface area contributed by atoms with E-state index in [1.54, 1.807) is 26.0 Å². The average Bonchev–Trinajstić information content (AvgIpc) is 2.97. The summed E-state index contributed by atoms with van der Waals surface area (Å²) in [5.74, 6) is -0.166. The van der Waals surface area contributed by atoms with Crippen LogP contribution in [0.2, 0.25) is 5.02 Å². The van der Waals surface area contributed by atoms with E-state index in [-0.39, 0.29) is 11.9 Å². The van der Waals surface area contributed by atoms with E-state index >= 15 is 0 Å². The smallest absolute Gasteiger partial charge is 0.340 e. The minimum absolute atomic E-state index is 0.260. The lowest BCUT2D eigenvalue weighted by Crippen LogP contribution is -2.06. The van der Waals surface area contributed by atoms with E-state index in [4.69, 9.17) is 16.3 Å². The molecule has 24 heavy (non-hydrogen) atoms. The lowest BCUT2D eigenvalue weighted by Gasteiger charge is -2.02. The average molecular weight is 346 g/mol. The van der Waals surface area contributed by atoms with E-state index < -0.39 is 0 Å². The molecule has 0 saturated heterocycles. The zero-order valence-electron chi connectivity index (χ0n) is 13.5. The Morgan fingerprint density at radius 1 is 1.42 bits per heavy atom. The normalized spacial score (nSPS) is 14.7. The number of aryl methyl sites for hydroxylation is 1. The molecule has 1 amide bonds. The predicted molar refractivity (Wildman–Crippen MR) is 92.0 cm³/mol. The van der Waals surface area contributed by atoms with Gasteiger partial charge in [-0.2, -0.15) is 0 Å². The third kappa shape index (κ3) is 2.69. The number of halogens is 1. The van der Waals surface area contributed by atoms with E-state index in [1.165, 1.54) is 6.20 Å². The predicted octanol–water partition coefficient (Wildman–Crippen LogP) is 3.35. The van der Waals surface area contributed by atoms with E-state index in [1.807, 2.05) is 6.92 Å². The lowest BCUT2D eigenvalue weighted by molar-refractivity contribution is -0.110. The molecule has 0 atom stereocenters. The van der Waals surface area contributed by atoms with Gasteiger partial charge < -0.3 is 15.0 Å². The minimum atomic E-state index is -0.380. The second kappa shape index (κ2) is 6.13. The number of pyridine rings is 1. The van der Waals surface area contributed by atoms with Crippen molar-refractivity contribution in [2.45, 2.75) is 20.8 Å². The topological polar surface area (TPSA) is 84.1 Å². The van der Waals surface area contributed by atoms with Crippen LogP contribution in [0.5, 0.6) is 0 Å². The Morgan fingerprint density at radius 3 is 2.88 bits per heavy atom. The maximum Gasteiger partial charge on any atom is 0.340 e. The fraction of sp³-hybridized carbons (Fsp3) is 0.235. The van der Waals surface area contributed by atoms with Crippen LogP contribution in [0.1, 0.15) is 39.8 Å². The van der Waals surface area contributed by atoms with E-state index in [9.17, 15) is 9.59 Å². The second-order valence-electron chi connectivity index (χ2n) is 5.45. The first kappa shape index (κ1) is 16.3. The maximum absolute atomic E-state index is 12.2. The Balaban J connectivity index is 2.08. The van der Waals surface area contributed by atoms with Crippen LogP contribution < -0.4 is 5.32 Å². The summed E-state index contributed by atoms with van der Waals surface area (Å²) in [6.07, 6.45) is 3.18. The quantitative estimate of drug-likeness (QED) is 0.660. The summed E-state index contributed by atoms with van der Waals surface area (Å²) in [5.41, 5.74) is 3.67. The van der Waals surface area contributed by atoms with Gasteiger partial charge in [0, 0.05) is 23.1 Å². The fourth-order valence-corrected chi connectivity index (χ4v) is 2.91. The molecule has 2 N–H and O–H groups in total. The number of ether oxygens (including phenoxy) is 1. The SMILES string of the molecule is CCOC(=O)c1c(C)[nH]c(/C=C2\C(=O)Nc3ncc(Cl)cc32)c1C. The van der Waals surface area contributed by atoms with Gasteiger partial charge in [-0.25, -0.2) is 9.78 Å². The number of nitrogens with one attached hydrogen (secondary N) is 2. The molecule has 0 aliphatic carbocycles. The van der Waals surface area contributed by atoms with E-state index in [2.05, 4.69) is 15.3 Å². The molecule has 3 rings (SSSR count). The first-order valence-corrected chi connectivity index (χ1v) is 7.85. The van der Waals surface area contributed by atoms with Crippen LogP contribution in [0.25, 0.3) is 11.6 Å². The zero-order valence-corrected chi connectivity index (χ0v) is 14.2. The van der Waals surface area contributed by atoms with Gasteiger partial charge in [0.1, 0.15) is 5.82 Å². The van der Waals surface area contributed by atoms with Crippen LogP contribution in [0.4, 0.5) is 5.82 Å². The summed E-state index contributed by atoms with van der Waals surface area (Å²) < 4.78 is 5.08. The number of carbonyl (C=O) groups excluding carboxylic acids is 2. The number of rotatable bonds is 3. The molecule has 2 aromatic heterocycles. The Bertz CT molecular complexity index is 883. The van der Waals surface area contributed by atoms with Crippen LogP contribution in [-0.4, -0.2) is 28.5 Å². The van der Waals surface area contributed by atoms with Crippen molar-refractivity contribution in [2.24, 2.45) is 0 Å². The van der Waals surface area contributed by atoms with Gasteiger partial charge in [-0.05, 0) is 38.5 Å². The first-order chi connectivity index (χ1) is 11.4. The summed E-state index contributed by atoms with van der Waals surface area (Å²) in [6, 6.07) is 1.69. The second-order valence-corrected chi connectivity index (χ2v) is 5.88. The van der Waals surface area contributed by atoms with E-state index in [0.717, 1.165) is 5.56 Å². The molecule has 0 fully saturated rings. The van der Waals surface area contributed by atoms with Gasteiger partial charge in [-0.1, -0.05) is 11.6 Å². The minimum Gasteiger partial charge on any atom is -0.462 e. The van der Waals surface area contributed by atoms with Crippen LogP contribution in [-0.2, 0) is 9.53 Å². The largest absolute Gasteiger partial charge is 0.462 e. The van der Waals surface area contributed by atoms with Gasteiger partial charge in [-0.3, -0.25) is 4.79 Å². The molecule has 6 nitrogen and oxygen atoms in total. The van der Waals surface area contributed by atoms with Gasteiger partial charge in [-0.15, -0.1) is 0 Å². The number of fused-ring (bicyclic) bond motifs is 1. The summed E-state index contributed by atoms with van der Waals surface area (Å²) >= 11 is 5.98. The number of esters is 1. The Morgan fingerprint density at radius 2 is 2.17 bits per heavy atom. The van der Waals surface area contributed by atoms with Crippen LogP contribution in [0, 0.1) is 13.8 Å². The highest BCUT2D eigenvalue weighted by atomic mass is 35.5. The summed E-state index contributed by atoms with van der Waals surface area (Å²) in [6.45, 7) is 5.67. The van der Waals surface area contributed by atoms with Crippen LogP contribution in [0.15, 0.2) is 12.3 Å². The first-order valence-electron chi connectivity index (χ1n) is 7.47. The van der Waals surface area contributed by atoms with Gasteiger partial charge in [0.2, 0.25) is 0 Å². The number of H-pyrrole nitrogens is 1. The molecule has 0 radical (unpaired) electrons. The molecule has 0 bridgehead atoms. The highest BCUT2D eigenvalue weighted by molar-refractivity contribution is 6.36. The molecule has 0 saturated carbocycles. The molecule has 124 valence electrons. The number of aromatic amines is 1. The van der Waals surface area contributed by atoms with Crippen molar-refractivity contribution in [3.05, 3.63) is 45.4 Å². The Labute approximate surface area is 143 Å². The van der Waals surface area contributed by atoms with Crippen molar-refractivity contribution >= 4 is 40.9 Å². The molecule has 0 spiro atoms. The number of hydrogen-bond donors (Lipinski definition) is 2. The lowest BCUT2D eigenvalue weighted by atomic mass is 10.1. The number of carbonyl (C=O) groups is 2. The highest BCUT2D eigenvalue weighted by Crippen LogP contribution is 2.34. The van der Waals surface area contributed by atoms with Crippen molar-refractivity contribution in [1.82, 2.24) is 9.97 Å². The molecular formula is C17H16ClN3O3. The van der Waals surface area contributed by atoms with Gasteiger partial charge in [0.15, 0.2) is 0 Å². The molecule has 2 aromatic rings. The number of nitrogens with zero attached hydrogens (tertiary/aromatic N) is 1. The van der Waals surface area contributed by atoms with Gasteiger partial charge in [0.25, 0.3) is 5.91 Å². The fourth-order valence-electron chi connectivity index (χ4n) is 2.76. The molecule has 1 aliphatic rings. The molecule has 0 unspecified atom stereocenters. The number of hydrogen-bond acceptors (Lipinski definition) is 4. The molecule has 7 heteroatoms. The number of aromatic nitrogens is 2. The van der Waals surface area contributed by atoms with E-state index in [0.29, 0.717) is 45.5 Å². The summed E-state index contributed by atoms with van der Waals surface area (Å²) in [5, 5.41) is 3.14. The van der Waals surface area contributed by atoms with Crippen molar-refractivity contribution in [3.8, 4) is 0 Å². The summed E-state index contributed by atoms with van der Waals surface area (Å²) in [7, 11) is 0. The number of amides is 1. The Hall–Kier alpha value is -2.60. The molecule has 1 aliphatic heterocycles. The molecule has 3 heterocycles. The van der Waals surface area contributed by atoms with Crippen molar-refractivity contribution < 1.29 is 14.3 Å². The summed E-state index contributed by atoms with van der Waals surface area (Å²) in [4.78, 5) is 31.5. The van der Waals surface area contributed by atoms with Crippen molar-refractivity contribution in [3.63, 3.8) is 0 Å². The molecular weight excluding hydrogens is 330 g/mol. The zero-order chi connectivity index (χ0) is 17.4. The standard InChI is InChI=1S/C17H16ClN3O3/c1-4-24-17(23)14-8(2)13(20-9(14)3)6-12-11-5-10(18)7-19-15(11)21-16(12)22/h5-7,20H,4H2,1-3H3,(H,19,21,22)/b12-6-. The monoisotopic (exact) mass is 345 g/mol. The maximum atomic E-state index is 12.2. The Kier molecular flexibility index (Phi) is 4.15. The van der Waals surface area contributed by atoms with Gasteiger partial charge in [0.05, 0.1) is 22.8 Å². The van der Waals surface area contributed by atoms with Crippen LogP contribution in [0.3, 0.4) is 0 Å². The van der Waals surface area contributed by atoms with Crippen molar-refractivity contribution in [1.29, 1.82) is 0 Å². The number of anilines is 1. The third-order valence-electron chi connectivity index (χ3n) is 3.87. The van der Waals surface area contributed by atoms with Crippen molar-refractivity contribution in [2.75, 3.05) is 11.9 Å².